The van der Waals surface area contributed by atoms with Crippen molar-refractivity contribution in [1.29, 1.82) is 0 Å². The van der Waals surface area contributed by atoms with Crippen LogP contribution in [-0.2, 0) is 5.41 Å². The summed E-state index contributed by atoms with van der Waals surface area (Å²) in [5.74, 6) is 0.723. The molecule has 0 amide bonds. The van der Waals surface area contributed by atoms with Crippen molar-refractivity contribution in [1.82, 2.24) is 10.2 Å². The van der Waals surface area contributed by atoms with Crippen LogP contribution < -0.4 is 0 Å². The zero-order valence-electron chi connectivity index (χ0n) is 8.84. The minimum Gasteiger partial charge on any atom is -0.154 e. The van der Waals surface area contributed by atoms with Gasteiger partial charge in [0, 0.05) is 5.41 Å². The number of rotatable bonds is 1. The van der Waals surface area contributed by atoms with Crippen LogP contribution in [0.15, 0.2) is 10.7 Å². The van der Waals surface area contributed by atoms with Gasteiger partial charge in [-0.2, -0.15) is 5.10 Å². The van der Waals surface area contributed by atoms with E-state index >= 15 is 0 Å². The maximum Gasteiger partial charge on any atom is 0.132 e. The largest absolute Gasteiger partial charge is 0.154 e. The number of hydrogen-bond acceptors (Lipinski definition) is 2. The predicted molar refractivity (Wildman–Crippen MR) is 60.4 cm³/mol. The van der Waals surface area contributed by atoms with Crippen molar-refractivity contribution in [3.63, 3.8) is 0 Å². The van der Waals surface area contributed by atoms with Gasteiger partial charge in [-0.15, -0.1) is 5.10 Å². The Hall–Kier alpha value is -0.440. The van der Waals surface area contributed by atoms with Gasteiger partial charge in [0.05, 0.1) is 5.69 Å². The number of nitrogens with zero attached hydrogens (tertiary/aromatic N) is 2. The van der Waals surface area contributed by atoms with Crippen molar-refractivity contribution in [3.8, 4) is 0 Å². The zero-order chi connectivity index (χ0) is 10.3. The van der Waals surface area contributed by atoms with Crippen LogP contribution in [0, 0.1) is 0 Å². The molecule has 0 bridgehead atoms. The minimum absolute atomic E-state index is 0.0946. The molecule has 0 aliphatic heterocycles. The van der Waals surface area contributed by atoms with Crippen LogP contribution in [0.3, 0.4) is 0 Å². The summed E-state index contributed by atoms with van der Waals surface area (Å²) in [4.78, 5) is 0. The molecule has 0 aromatic carbocycles. The van der Waals surface area contributed by atoms with Crippen LogP contribution in [0.4, 0.5) is 0 Å². The molecule has 0 N–H and O–H groups in total. The van der Waals surface area contributed by atoms with E-state index in [-0.39, 0.29) is 5.41 Å². The molecule has 76 valence electrons. The molecule has 0 unspecified atom stereocenters. The summed E-state index contributed by atoms with van der Waals surface area (Å²) in [6, 6.07) is 2.20. The molecule has 0 radical (unpaired) electrons. The monoisotopic (exact) mass is 254 g/mol. The molecule has 1 heterocycles. The van der Waals surface area contributed by atoms with Crippen molar-refractivity contribution < 1.29 is 0 Å². The van der Waals surface area contributed by atoms with E-state index in [0.717, 1.165) is 16.2 Å². The summed E-state index contributed by atoms with van der Waals surface area (Å²) in [7, 11) is 0. The first-order valence-corrected chi connectivity index (χ1v) is 5.81. The van der Waals surface area contributed by atoms with Gasteiger partial charge < -0.3 is 0 Å². The molecule has 1 aromatic rings. The van der Waals surface area contributed by atoms with E-state index in [2.05, 4.69) is 53.0 Å². The number of hydrogen-bond donors (Lipinski definition) is 0. The lowest BCUT2D eigenvalue weighted by Crippen LogP contribution is -2.15. The molecule has 1 aliphatic rings. The summed E-state index contributed by atoms with van der Waals surface area (Å²) in [6.07, 6.45) is 2.60. The first-order valence-electron chi connectivity index (χ1n) is 5.02. The van der Waals surface area contributed by atoms with E-state index in [1.54, 1.807) is 0 Å². The lowest BCUT2D eigenvalue weighted by Gasteiger charge is -2.17. The summed E-state index contributed by atoms with van der Waals surface area (Å²) in [6.45, 7) is 6.50. The molecule has 2 rings (SSSR count). The van der Waals surface area contributed by atoms with Crippen molar-refractivity contribution in [2.24, 2.45) is 0 Å². The van der Waals surface area contributed by atoms with Gasteiger partial charge in [0.1, 0.15) is 4.60 Å². The summed E-state index contributed by atoms with van der Waals surface area (Å²) < 4.78 is 0.924. The quantitative estimate of drug-likeness (QED) is 0.768. The van der Waals surface area contributed by atoms with Crippen LogP contribution in [-0.4, -0.2) is 10.2 Å². The molecule has 0 spiro atoms. The van der Waals surface area contributed by atoms with E-state index in [0.29, 0.717) is 0 Å². The Morgan fingerprint density at radius 1 is 1.29 bits per heavy atom. The van der Waals surface area contributed by atoms with Gasteiger partial charge in [-0.05, 0) is 46.3 Å². The van der Waals surface area contributed by atoms with Crippen LogP contribution in [0.25, 0.3) is 0 Å². The highest BCUT2D eigenvalue weighted by atomic mass is 79.9. The first kappa shape index (κ1) is 10.1. The molecule has 2 nitrogen and oxygen atoms in total. The molecule has 1 aliphatic carbocycles. The molecule has 1 saturated carbocycles. The second-order valence-corrected chi connectivity index (χ2v) is 5.75. The highest BCUT2D eigenvalue weighted by Gasteiger charge is 2.28. The van der Waals surface area contributed by atoms with Gasteiger partial charge in [-0.3, -0.25) is 0 Å². The third-order valence-electron chi connectivity index (χ3n) is 2.56. The van der Waals surface area contributed by atoms with E-state index in [9.17, 15) is 0 Å². The minimum atomic E-state index is 0.0946. The highest BCUT2D eigenvalue weighted by molar-refractivity contribution is 9.10. The van der Waals surface area contributed by atoms with E-state index < -0.39 is 0 Å². The Bertz CT molecular complexity index is 351. The van der Waals surface area contributed by atoms with Crippen LogP contribution in [0.1, 0.15) is 50.8 Å². The Labute approximate surface area is 93.3 Å². The standard InChI is InChI=1S/C11H15BrN2/c1-11(2,3)9-6-8(7-4-5-7)10(12)14-13-9/h6-7H,4-5H2,1-3H3. The highest BCUT2D eigenvalue weighted by Crippen LogP contribution is 2.43. The van der Waals surface area contributed by atoms with Gasteiger partial charge in [0.25, 0.3) is 0 Å². The van der Waals surface area contributed by atoms with Gasteiger partial charge >= 0.3 is 0 Å². The van der Waals surface area contributed by atoms with Crippen LogP contribution in [0.2, 0.25) is 0 Å². The second-order valence-electron chi connectivity index (χ2n) is 5.00. The average molecular weight is 255 g/mol. The predicted octanol–water partition coefficient (Wildman–Crippen LogP) is 3.41. The third-order valence-corrected chi connectivity index (χ3v) is 3.18. The first-order chi connectivity index (χ1) is 6.48. The van der Waals surface area contributed by atoms with Crippen LogP contribution >= 0.6 is 15.9 Å². The summed E-state index contributed by atoms with van der Waals surface area (Å²) in [5.41, 5.74) is 2.52. The lowest BCUT2D eigenvalue weighted by molar-refractivity contribution is 0.555. The Morgan fingerprint density at radius 2 is 1.93 bits per heavy atom. The molecular formula is C11H15BrN2. The van der Waals surface area contributed by atoms with Crippen molar-refractivity contribution >= 4 is 15.9 Å². The topological polar surface area (TPSA) is 25.8 Å². The molecule has 14 heavy (non-hydrogen) atoms. The third kappa shape index (κ3) is 1.97. The number of halogens is 1. The lowest BCUT2D eigenvalue weighted by atomic mass is 9.91. The van der Waals surface area contributed by atoms with Crippen molar-refractivity contribution in [3.05, 3.63) is 21.9 Å². The molecule has 1 aromatic heterocycles. The fraction of sp³-hybridized carbons (Fsp3) is 0.636. The fourth-order valence-electron chi connectivity index (χ4n) is 1.44. The molecule has 0 atom stereocenters. The van der Waals surface area contributed by atoms with Gasteiger partial charge in [0.15, 0.2) is 0 Å². The van der Waals surface area contributed by atoms with Crippen molar-refractivity contribution in [2.45, 2.75) is 44.9 Å². The molecule has 0 saturated heterocycles. The average Bonchev–Trinajstić information content (AvgIpc) is 2.85. The SMILES string of the molecule is CC(C)(C)c1cc(C2CC2)c(Br)nn1. The Morgan fingerprint density at radius 3 is 2.43 bits per heavy atom. The Balaban J connectivity index is 2.40. The zero-order valence-corrected chi connectivity index (χ0v) is 10.4. The fourth-order valence-corrected chi connectivity index (χ4v) is 1.96. The normalized spacial score (nSPS) is 17.1. The molecule has 1 fully saturated rings. The summed E-state index contributed by atoms with van der Waals surface area (Å²) in [5, 5.41) is 8.40. The van der Waals surface area contributed by atoms with Crippen LogP contribution in [0.5, 0.6) is 0 Å². The van der Waals surface area contributed by atoms with E-state index in [1.807, 2.05) is 0 Å². The van der Waals surface area contributed by atoms with E-state index in [4.69, 9.17) is 0 Å². The smallest absolute Gasteiger partial charge is 0.132 e. The second kappa shape index (κ2) is 3.30. The molecular weight excluding hydrogens is 240 g/mol. The Kier molecular flexibility index (Phi) is 2.38. The van der Waals surface area contributed by atoms with Gasteiger partial charge in [0.2, 0.25) is 0 Å². The van der Waals surface area contributed by atoms with Gasteiger partial charge in [-0.25, -0.2) is 0 Å². The number of aromatic nitrogens is 2. The van der Waals surface area contributed by atoms with Crippen molar-refractivity contribution in [2.75, 3.05) is 0 Å². The molecule has 3 heteroatoms. The summed E-state index contributed by atoms with van der Waals surface area (Å²) >= 11 is 3.46. The van der Waals surface area contributed by atoms with Gasteiger partial charge in [-0.1, -0.05) is 20.8 Å². The maximum absolute atomic E-state index is 4.22. The maximum atomic E-state index is 4.22. The van der Waals surface area contributed by atoms with E-state index in [1.165, 1.54) is 18.4 Å².